The van der Waals surface area contributed by atoms with Gasteiger partial charge in [0.15, 0.2) is 11.5 Å². The molecule has 4 aromatic carbocycles. The maximum Gasteiger partial charge on any atom is 0.182 e. The molecule has 0 amide bonds. The normalized spacial score (nSPS) is 11.4. The number of fused-ring (bicyclic) bond motifs is 3. The smallest absolute Gasteiger partial charge is 0.182 e. The van der Waals surface area contributed by atoms with Crippen LogP contribution in [0.25, 0.3) is 55.5 Å². The van der Waals surface area contributed by atoms with E-state index in [1.165, 1.54) is 17.5 Å². The van der Waals surface area contributed by atoms with Gasteiger partial charge in [-0.2, -0.15) is 0 Å². The number of H-pyrrole nitrogens is 1. The van der Waals surface area contributed by atoms with Crippen molar-refractivity contribution in [1.82, 2.24) is 29.9 Å². The molecule has 8 nitrogen and oxygen atoms in total. The summed E-state index contributed by atoms with van der Waals surface area (Å²) in [5.74, 6) is 1.61. The molecule has 0 unspecified atom stereocenters. The molecule has 8 aromatic rings. The van der Waals surface area contributed by atoms with Gasteiger partial charge in [0.2, 0.25) is 0 Å². The Labute approximate surface area is 318 Å². The maximum absolute atomic E-state index is 6.47. The summed E-state index contributed by atoms with van der Waals surface area (Å²) in [6, 6.07) is 32.9. The molecule has 0 aliphatic rings. The second-order valence-corrected chi connectivity index (χ2v) is 14.4. The molecular formula is C43H40Cl2N8. The number of nitrogens with one attached hydrogen (secondary N) is 2. The van der Waals surface area contributed by atoms with Gasteiger partial charge in [-0.25, -0.2) is 24.9 Å². The number of hydrogen-bond acceptors (Lipinski definition) is 7. The van der Waals surface area contributed by atoms with Crippen molar-refractivity contribution in [3.63, 3.8) is 0 Å². The third-order valence-corrected chi connectivity index (χ3v) is 9.90. The molecule has 0 saturated carbocycles. The fourth-order valence-corrected chi connectivity index (χ4v) is 6.82. The minimum absolute atomic E-state index is 0.431. The minimum Gasteiger partial charge on any atom is -0.364 e. The predicted molar refractivity (Wildman–Crippen MR) is 219 cm³/mol. The third kappa shape index (κ3) is 7.71. The lowest BCUT2D eigenvalue weighted by atomic mass is 9.97. The topological polar surface area (TPSA) is 118 Å². The quantitative estimate of drug-likeness (QED) is 0.142. The molecule has 0 saturated heterocycles. The Balaban J connectivity index is 0.000000174. The van der Waals surface area contributed by atoms with E-state index >= 15 is 0 Å². The average molecular weight is 740 g/mol. The first kappa shape index (κ1) is 36.0. The highest BCUT2D eigenvalue weighted by Crippen LogP contribution is 2.33. The fourth-order valence-electron chi connectivity index (χ4n) is 6.37. The first-order valence-corrected chi connectivity index (χ1v) is 18.4. The largest absolute Gasteiger partial charge is 0.364 e. The van der Waals surface area contributed by atoms with Gasteiger partial charge >= 0.3 is 0 Å². The van der Waals surface area contributed by atoms with Crippen LogP contribution in [0.1, 0.15) is 61.8 Å². The van der Waals surface area contributed by atoms with E-state index in [4.69, 9.17) is 38.9 Å². The number of nitrogens with two attached hydrogens (primary N) is 1. The highest BCUT2D eigenvalue weighted by Gasteiger charge is 2.15. The van der Waals surface area contributed by atoms with Gasteiger partial charge in [-0.15, -0.1) is 0 Å². The molecule has 4 N–H and O–H groups in total. The van der Waals surface area contributed by atoms with Gasteiger partial charge in [-0.1, -0.05) is 112 Å². The number of rotatable bonds is 8. The SMILES string of the molecule is CC(C)c1cccc(-c2nc3c(Cl)cccc3cc2CN)c1.CC(C)c1cccc(-c2nc3c(Cl)cccc3cc2CNc2ncnc3nc[nH]c23)c1. The molecule has 4 heterocycles. The average Bonchev–Trinajstić information content (AvgIpc) is 3.67. The lowest BCUT2D eigenvalue weighted by Gasteiger charge is -2.15. The molecule has 0 atom stereocenters. The van der Waals surface area contributed by atoms with Crippen LogP contribution in [0.2, 0.25) is 10.0 Å². The summed E-state index contributed by atoms with van der Waals surface area (Å²) in [6.45, 7) is 9.76. The zero-order valence-corrected chi connectivity index (χ0v) is 31.5. The van der Waals surface area contributed by atoms with E-state index in [2.05, 4.69) is 114 Å². The van der Waals surface area contributed by atoms with Crippen LogP contribution in [0.3, 0.4) is 0 Å². The number of imidazole rings is 1. The van der Waals surface area contributed by atoms with Crippen molar-refractivity contribution in [1.29, 1.82) is 0 Å². The number of halogens is 2. The second kappa shape index (κ2) is 15.7. The molecule has 0 fully saturated rings. The van der Waals surface area contributed by atoms with E-state index < -0.39 is 0 Å². The third-order valence-electron chi connectivity index (χ3n) is 9.29. The Bertz CT molecular complexity index is 2560. The zero-order chi connectivity index (χ0) is 37.1. The van der Waals surface area contributed by atoms with Gasteiger partial charge in [0.1, 0.15) is 11.8 Å². The van der Waals surface area contributed by atoms with Crippen LogP contribution in [0.4, 0.5) is 5.82 Å². The standard InChI is InChI=1S/C24H21ClN6.C19H19ClN2/c1-14(2)15-5-3-6-16(9-15)20-18(10-17-7-4-8-19(25)21(17)31-20)11-26-23-22-24(28-12-27-22)30-13-29-23;1-12(2)13-5-3-6-14(9-13)18-16(11-21)10-15-7-4-8-17(20)19(15)22-18/h3-10,12-14H,11H2,1-2H3,(H2,26,27,28,29,30);3-10,12H,11,21H2,1-2H3. The molecule has 0 aliphatic heterocycles. The second-order valence-electron chi connectivity index (χ2n) is 13.6. The van der Waals surface area contributed by atoms with Crippen molar-refractivity contribution >= 4 is 62.0 Å². The summed E-state index contributed by atoms with van der Waals surface area (Å²) < 4.78 is 0. The number of aromatic nitrogens is 6. The van der Waals surface area contributed by atoms with Crippen LogP contribution < -0.4 is 11.1 Å². The number of nitrogens with zero attached hydrogens (tertiary/aromatic N) is 5. The number of anilines is 1. The van der Waals surface area contributed by atoms with Crippen molar-refractivity contribution in [3.05, 3.63) is 142 Å². The van der Waals surface area contributed by atoms with E-state index in [-0.39, 0.29) is 0 Å². The van der Waals surface area contributed by atoms with E-state index in [1.54, 1.807) is 6.33 Å². The van der Waals surface area contributed by atoms with Crippen molar-refractivity contribution < 1.29 is 0 Å². The summed E-state index contributed by atoms with van der Waals surface area (Å²) in [7, 11) is 0. The van der Waals surface area contributed by atoms with Crippen LogP contribution in [0.5, 0.6) is 0 Å². The number of benzene rings is 4. The van der Waals surface area contributed by atoms with Gasteiger partial charge in [-0.3, -0.25) is 0 Å². The summed E-state index contributed by atoms with van der Waals surface area (Å²) >= 11 is 12.8. The molecule has 4 aromatic heterocycles. The lowest BCUT2D eigenvalue weighted by Crippen LogP contribution is -2.05. The molecule has 53 heavy (non-hydrogen) atoms. The van der Waals surface area contributed by atoms with Gasteiger partial charge in [-0.05, 0) is 70.5 Å². The maximum atomic E-state index is 6.47. The van der Waals surface area contributed by atoms with Crippen LogP contribution in [-0.2, 0) is 13.1 Å². The number of para-hydroxylation sites is 2. The van der Waals surface area contributed by atoms with Crippen LogP contribution in [-0.4, -0.2) is 29.9 Å². The van der Waals surface area contributed by atoms with E-state index in [0.29, 0.717) is 46.4 Å². The molecule has 0 spiro atoms. The summed E-state index contributed by atoms with van der Waals surface area (Å²) in [4.78, 5) is 25.6. The predicted octanol–water partition coefficient (Wildman–Crippen LogP) is 11.1. The van der Waals surface area contributed by atoms with Crippen molar-refractivity contribution in [2.75, 3.05) is 5.32 Å². The number of pyridine rings is 2. The molecule has 0 radical (unpaired) electrons. The van der Waals surface area contributed by atoms with E-state index in [0.717, 1.165) is 61.0 Å². The molecular weight excluding hydrogens is 699 g/mol. The Morgan fingerprint density at radius 1 is 0.660 bits per heavy atom. The molecule has 8 rings (SSSR count). The Hall–Kier alpha value is -5.41. The summed E-state index contributed by atoms with van der Waals surface area (Å²) in [6.07, 6.45) is 3.13. The van der Waals surface area contributed by atoms with E-state index in [1.807, 2.05) is 36.4 Å². The van der Waals surface area contributed by atoms with Crippen LogP contribution in [0, 0.1) is 0 Å². The van der Waals surface area contributed by atoms with Crippen LogP contribution in [0.15, 0.2) is 110 Å². The number of aromatic amines is 1. The lowest BCUT2D eigenvalue weighted by molar-refractivity contribution is 0.867. The van der Waals surface area contributed by atoms with Crippen molar-refractivity contribution in [2.45, 2.75) is 52.6 Å². The first-order valence-electron chi connectivity index (χ1n) is 17.6. The Kier molecular flexibility index (Phi) is 10.6. The molecule has 0 bridgehead atoms. The summed E-state index contributed by atoms with van der Waals surface area (Å²) in [5.41, 5.74) is 17.6. The molecule has 266 valence electrons. The highest BCUT2D eigenvalue weighted by molar-refractivity contribution is 6.35. The first-order chi connectivity index (χ1) is 25.7. The number of hydrogen-bond donors (Lipinski definition) is 3. The zero-order valence-electron chi connectivity index (χ0n) is 30.0. The monoisotopic (exact) mass is 738 g/mol. The minimum atomic E-state index is 0.431. The van der Waals surface area contributed by atoms with Crippen molar-refractivity contribution in [2.24, 2.45) is 5.73 Å². The van der Waals surface area contributed by atoms with Gasteiger partial charge in [0.05, 0.1) is 38.8 Å². The van der Waals surface area contributed by atoms with Gasteiger partial charge in [0, 0.05) is 35.0 Å². The Morgan fingerprint density at radius 3 is 1.77 bits per heavy atom. The molecule has 10 heteroatoms. The Morgan fingerprint density at radius 2 is 1.21 bits per heavy atom. The van der Waals surface area contributed by atoms with Crippen LogP contribution >= 0.6 is 23.2 Å². The fraction of sp³-hybridized carbons (Fsp3) is 0.186. The van der Waals surface area contributed by atoms with E-state index in [9.17, 15) is 0 Å². The summed E-state index contributed by atoms with van der Waals surface area (Å²) in [5, 5.41) is 6.76. The van der Waals surface area contributed by atoms with Crippen molar-refractivity contribution in [3.8, 4) is 22.5 Å². The van der Waals surface area contributed by atoms with Gasteiger partial charge < -0.3 is 16.0 Å². The van der Waals surface area contributed by atoms with Gasteiger partial charge in [0.25, 0.3) is 0 Å². The molecule has 0 aliphatic carbocycles. The highest BCUT2D eigenvalue weighted by atomic mass is 35.5.